The number of imide groups is 1. The predicted octanol–water partition coefficient (Wildman–Crippen LogP) is 5.61. The normalized spacial score (nSPS) is 17.8. The molecule has 4 aromatic rings. The quantitative estimate of drug-likeness (QED) is 0.158. The fourth-order valence-corrected chi connectivity index (χ4v) is 6.58. The van der Waals surface area contributed by atoms with Crippen molar-refractivity contribution < 1.29 is 9.59 Å². The highest BCUT2D eigenvalue weighted by Gasteiger charge is 2.26. The molecule has 2 amide bonds. The number of amides is 2. The molecule has 44 heavy (non-hydrogen) atoms. The van der Waals surface area contributed by atoms with Crippen LogP contribution in [-0.4, -0.2) is 52.0 Å². The summed E-state index contributed by atoms with van der Waals surface area (Å²) < 4.78 is 2.01. The number of hydrogen-bond donors (Lipinski definition) is 3. The summed E-state index contributed by atoms with van der Waals surface area (Å²) >= 11 is 0. The molecular weight excluding hydrogens is 572 g/mol. The number of nitrogens with one attached hydrogen (secondary N) is 2. The smallest absolute Gasteiger partial charge is 0.249 e. The molecule has 2 aliphatic rings. The fraction of sp³-hybridized carbons (Fsp3) is 0.400. The summed E-state index contributed by atoms with van der Waals surface area (Å²) in [5.74, 6) is 0.153. The number of carbonyl (C=O) groups excluding carboxylic acids is 2. The van der Waals surface area contributed by atoms with E-state index < -0.39 is 0 Å². The highest BCUT2D eigenvalue weighted by atomic mass is 35.5. The molecule has 2 aliphatic heterocycles. The van der Waals surface area contributed by atoms with Crippen LogP contribution in [0.15, 0.2) is 67.0 Å². The molecule has 0 radical (unpaired) electrons. The molecule has 8 nitrogen and oxygen atoms in total. The number of aromatic nitrogens is 2. The number of piperidine rings is 2. The molecule has 9 heteroatoms. The Morgan fingerprint density at radius 3 is 2.52 bits per heavy atom. The van der Waals surface area contributed by atoms with Gasteiger partial charge in [0.25, 0.3) is 0 Å². The van der Waals surface area contributed by atoms with Gasteiger partial charge in [-0.1, -0.05) is 30.3 Å². The molecule has 4 N–H and O–H groups in total. The van der Waals surface area contributed by atoms with Gasteiger partial charge in [-0.15, -0.1) is 12.4 Å². The zero-order valence-corrected chi connectivity index (χ0v) is 26.2. The molecule has 0 saturated carbocycles. The van der Waals surface area contributed by atoms with Crippen molar-refractivity contribution in [2.75, 3.05) is 25.0 Å². The number of nitrogens with zero attached hydrogens (tertiary/aromatic N) is 3. The van der Waals surface area contributed by atoms with Gasteiger partial charge < -0.3 is 16.0 Å². The number of nitrogens with two attached hydrogens (primary N) is 1. The second-order valence-corrected chi connectivity index (χ2v) is 12.1. The average molecular weight is 615 g/mol. The molecule has 2 saturated heterocycles. The number of likely N-dealkylation sites (tertiary alicyclic amines) is 1. The number of anilines is 1. The lowest BCUT2D eigenvalue weighted by atomic mass is 9.89. The maximum atomic E-state index is 12.0. The number of rotatable bonds is 10. The van der Waals surface area contributed by atoms with Crippen LogP contribution >= 0.6 is 12.4 Å². The van der Waals surface area contributed by atoms with Crippen molar-refractivity contribution >= 4 is 35.4 Å². The lowest BCUT2D eigenvalue weighted by Gasteiger charge is -2.32. The third-order valence-corrected chi connectivity index (χ3v) is 9.18. The van der Waals surface area contributed by atoms with Gasteiger partial charge in [-0.05, 0) is 123 Å². The number of aryl methyl sites for hydroxylation is 2. The summed E-state index contributed by atoms with van der Waals surface area (Å²) in [5, 5.41) is 10.3. The second kappa shape index (κ2) is 14.4. The minimum Gasteiger partial charge on any atom is -0.374 e. The largest absolute Gasteiger partial charge is 0.374 e. The molecule has 2 fully saturated rings. The van der Waals surface area contributed by atoms with Crippen molar-refractivity contribution in [2.24, 2.45) is 5.73 Å². The lowest BCUT2D eigenvalue weighted by molar-refractivity contribution is -0.133. The average Bonchev–Trinajstić information content (AvgIpc) is 3.45. The van der Waals surface area contributed by atoms with Gasteiger partial charge in [0.15, 0.2) is 0 Å². The van der Waals surface area contributed by atoms with E-state index in [1.807, 2.05) is 10.7 Å². The Kier molecular flexibility index (Phi) is 10.4. The summed E-state index contributed by atoms with van der Waals surface area (Å²) in [6, 6.07) is 19.1. The Hall–Kier alpha value is -3.72. The number of unbranched alkanes of at least 4 members (excludes halogenated alkanes) is 1. The van der Waals surface area contributed by atoms with Crippen LogP contribution in [0.4, 0.5) is 5.69 Å². The Morgan fingerprint density at radius 2 is 1.80 bits per heavy atom. The Bertz CT molecular complexity index is 1590. The topological polar surface area (TPSA) is 105 Å². The molecule has 0 spiro atoms. The summed E-state index contributed by atoms with van der Waals surface area (Å²) in [7, 11) is 0. The Labute approximate surface area is 265 Å². The first-order valence-electron chi connectivity index (χ1n) is 15.7. The van der Waals surface area contributed by atoms with Crippen molar-refractivity contribution in [3.63, 3.8) is 0 Å². The van der Waals surface area contributed by atoms with Crippen LogP contribution in [0.25, 0.3) is 16.6 Å². The van der Waals surface area contributed by atoms with Crippen molar-refractivity contribution in [2.45, 2.75) is 70.4 Å². The van der Waals surface area contributed by atoms with E-state index in [0.29, 0.717) is 25.3 Å². The van der Waals surface area contributed by atoms with Crippen molar-refractivity contribution in [3.8, 4) is 11.1 Å². The molecule has 0 aliphatic carbocycles. The van der Waals surface area contributed by atoms with Gasteiger partial charge in [-0.3, -0.25) is 14.9 Å². The van der Waals surface area contributed by atoms with E-state index in [1.54, 1.807) is 0 Å². The zero-order valence-electron chi connectivity index (χ0n) is 25.4. The number of carbonyl (C=O) groups is 2. The fourth-order valence-electron chi connectivity index (χ4n) is 6.58. The van der Waals surface area contributed by atoms with Crippen LogP contribution in [0.1, 0.15) is 66.7 Å². The van der Waals surface area contributed by atoms with Gasteiger partial charge in [-0.2, -0.15) is 5.10 Å². The maximum Gasteiger partial charge on any atom is 0.249 e. The number of benzene rings is 2. The van der Waals surface area contributed by atoms with Crippen LogP contribution < -0.4 is 16.4 Å². The number of hydrogen-bond acceptors (Lipinski definition) is 6. The standard InChI is InChI=1S/C35H42N6O2.ClH/c1-24-20-28(5-6-29(24)22-36)31-13-16-37-41-23-25(21-33(31)41)4-2-3-17-40-18-14-27(15-19-40)26-7-9-30(10-8-26)38-32-11-12-34(42)39-35(32)43;/h5-10,13,16,20-21,23,27,32,38H,2-4,11-12,14-15,17-19,22,36H2,1H3,(H,39,42,43);1H. The molecule has 2 aromatic carbocycles. The van der Waals surface area contributed by atoms with Crippen LogP contribution in [0, 0.1) is 6.92 Å². The summed E-state index contributed by atoms with van der Waals surface area (Å²) in [5.41, 5.74) is 15.5. The molecule has 1 unspecified atom stereocenters. The molecule has 0 bridgehead atoms. The van der Waals surface area contributed by atoms with Gasteiger partial charge in [0.1, 0.15) is 6.04 Å². The summed E-state index contributed by atoms with van der Waals surface area (Å²) in [4.78, 5) is 26.0. The van der Waals surface area contributed by atoms with Crippen LogP contribution in [0.3, 0.4) is 0 Å². The molecule has 2 aromatic heterocycles. The van der Waals surface area contributed by atoms with E-state index in [9.17, 15) is 9.59 Å². The van der Waals surface area contributed by atoms with Crippen LogP contribution in [0.5, 0.6) is 0 Å². The first kappa shape index (κ1) is 31.7. The lowest BCUT2D eigenvalue weighted by Crippen LogP contribution is -2.47. The number of halogens is 1. The SMILES string of the molecule is Cc1cc(-c2ccnn3cc(CCCCN4CCC(c5ccc(NC6CCC(=O)NC6=O)cc5)CC4)cc23)ccc1CN.Cl. The third-order valence-electron chi connectivity index (χ3n) is 9.18. The summed E-state index contributed by atoms with van der Waals surface area (Å²) in [6.45, 7) is 6.09. The van der Waals surface area contributed by atoms with E-state index in [2.05, 4.69) is 88.4 Å². The van der Waals surface area contributed by atoms with E-state index in [-0.39, 0.29) is 30.3 Å². The van der Waals surface area contributed by atoms with Crippen molar-refractivity contribution in [3.05, 3.63) is 89.2 Å². The zero-order chi connectivity index (χ0) is 29.8. The molecule has 4 heterocycles. The number of fused-ring (bicyclic) bond motifs is 1. The first-order chi connectivity index (χ1) is 21.0. The van der Waals surface area contributed by atoms with Gasteiger partial charge in [0.05, 0.1) is 5.52 Å². The van der Waals surface area contributed by atoms with E-state index in [0.717, 1.165) is 43.7 Å². The van der Waals surface area contributed by atoms with E-state index in [4.69, 9.17) is 5.73 Å². The maximum absolute atomic E-state index is 12.0. The third kappa shape index (κ3) is 7.32. The summed E-state index contributed by atoms with van der Waals surface area (Å²) in [6.07, 6.45) is 10.7. The molecule has 1 atom stereocenters. The highest BCUT2D eigenvalue weighted by Crippen LogP contribution is 2.30. The molecular formula is C35H43ClN6O2. The Balaban J connectivity index is 0.00000384. The second-order valence-electron chi connectivity index (χ2n) is 12.1. The first-order valence-corrected chi connectivity index (χ1v) is 15.7. The van der Waals surface area contributed by atoms with E-state index >= 15 is 0 Å². The minimum atomic E-state index is -0.345. The highest BCUT2D eigenvalue weighted by molar-refractivity contribution is 6.01. The molecule has 232 valence electrons. The molecule has 6 rings (SSSR count). The minimum absolute atomic E-state index is 0. The van der Waals surface area contributed by atoms with Gasteiger partial charge >= 0.3 is 0 Å². The van der Waals surface area contributed by atoms with Gasteiger partial charge in [0, 0.05) is 36.6 Å². The van der Waals surface area contributed by atoms with Gasteiger partial charge in [-0.25, -0.2) is 4.52 Å². The monoisotopic (exact) mass is 614 g/mol. The van der Waals surface area contributed by atoms with Gasteiger partial charge in [0.2, 0.25) is 11.8 Å². The van der Waals surface area contributed by atoms with Crippen molar-refractivity contribution in [1.29, 1.82) is 0 Å². The predicted molar refractivity (Wildman–Crippen MR) is 178 cm³/mol. The van der Waals surface area contributed by atoms with Crippen LogP contribution in [0.2, 0.25) is 0 Å². The van der Waals surface area contributed by atoms with E-state index in [1.165, 1.54) is 52.6 Å². The van der Waals surface area contributed by atoms with Crippen molar-refractivity contribution in [1.82, 2.24) is 19.8 Å². The van der Waals surface area contributed by atoms with Crippen LogP contribution in [-0.2, 0) is 22.6 Å². The Morgan fingerprint density at radius 1 is 1.00 bits per heavy atom.